The van der Waals surface area contributed by atoms with E-state index in [0.717, 1.165) is 12.8 Å². The van der Waals surface area contributed by atoms with Crippen LogP contribution in [-0.2, 0) is 0 Å². The summed E-state index contributed by atoms with van der Waals surface area (Å²) in [5, 5.41) is 9.11. The van der Waals surface area contributed by atoms with Crippen LogP contribution in [0.3, 0.4) is 0 Å². The molecule has 104 valence electrons. The molecular weight excluding hydrogens is 244 g/mol. The van der Waals surface area contributed by atoms with E-state index in [1.165, 1.54) is 0 Å². The summed E-state index contributed by atoms with van der Waals surface area (Å²) in [6.07, 6.45) is 3.33. The van der Waals surface area contributed by atoms with Crippen LogP contribution in [0.15, 0.2) is 18.3 Å². The van der Waals surface area contributed by atoms with Crippen LogP contribution in [0.2, 0.25) is 0 Å². The van der Waals surface area contributed by atoms with Crippen molar-refractivity contribution in [2.75, 3.05) is 26.3 Å². The highest BCUT2D eigenvalue weighted by atomic mass is 16.5. The fourth-order valence-corrected chi connectivity index (χ4v) is 2.29. The monoisotopic (exact) mass is 264 g/mol. The summed E-state index contributed by atoms with van der Waals surface area (Å²) in [7, 11) is 0. The highest BCUT2D eigenvalue weighted by molar-refractivity contribution is 5.96. The minimum Gasteiger partial charge on any atom is -0.477 e. The number of carbonyl (C=O) groups excluding carboxylic acids is 1. The lowest BCUT2D eigenvalue weighted by molar-refractivity contribution is 0.0646. The zero-order valence-corrected chi connectivity index (χ0v) is 11.2. The lowest BCUT2D eigenvalue weighted by Crippen LogP contribution is -2.39. The van der Waals surface area contributed by atoms with Gasteiger partial charge in [0.1, 0.15) is 5.56 Å². The maximum atomic E-state index is 12.4. The number of hydrogen-bond donors (Lipinski definition) is 1. The average molecular weight is 264 g/mol. The minimum absolute atomic E-state index is 0.0343. The van der Waals surface area contributed by atoms with Gasteiger partial charge in [-0.25, -0.2) is 4.98 Å². The van der Waals surface area contributed by atoms with Crippen LogP contribution < -0.4 is 4.74 Å². The topological polar surface area (TPSA) is 62.7 Å². The Bertz CT molecular complexity index is 428. The molecule has 19 heavy (non-hydrogen) atoms. The van der Waals surface area contributed by atoms with Crippen molar-refractivity contribution in [1.82, 2.24) is 9.88 Å². The van der Waals surface area contributed by atoms with Crippen LogP contribution in [0, 0.1) is 5.92 Å². The number of likely N-dealkylation sites (tertiary alicyclic amines) is 1. The van der Waals surface area contributed by atoms with Gasteiger partial charge in [0.15, 0.2) is 0 Å². The molecule has 1 N–H and O–H groups in total. The van der Waals surface area contributed by atoms with Gasteiger partial charge in [0.25, 0.3) is 5.91 Å². The van der Waals surface area contributed by atoms with Crippen LogP contribution in [-0.4, -0.2) is 47.2 Å². The molecule has 0 radical (unpaired) electrons. The molecule has 1 saturated heterocycles. The molecule has 0 saturated carbocycles. The maximum absolute atomic E-state index is 12.4. The normalized spacial score (nSPS) is 16.4. The van der Waals surface area contributed by atoms with Crippen molar-refractivity contribution < 1.29 is 14.6 Å². The summed E-state index contributed by atoms with van der Waals surface area (Å²) in [5.74, 6) is 0.691. The molecule has 2 rings (SSSR count). The standard InChI is InChI=1S/C14H20N2O3/c1-2-19-13-12(4-3-7-15-13)14(18)16-8-5-11(10-17)6-9-16/h3-4,7,11,17H,2,5-6,8-10H2,1H3. The van der Waals surface area contributed by atoms with Crippen molar-refractivity contribution in [3.63, 3.8) is 0 Å². The molecule has 1 aromatic rings. The molecule has 1 aliphatic heterocycles. The van der Waals surface area contributed by atoms with Crippen LogP contribution in [0.25, 0.3) is 0 Å². The van der Waals surface area contributed by atoms with Gasteiger partial charge >= 0.3 is 0 Å². The van der Waals surface area contributed by atoms with E-state index in [9.17, 15) is 4.79 Å². The minimum atomic E-state index is -0.0343. The van der Waals surface area contributed by atoms with Gasteiger partial charge in [0.2, 0.25) is 5.88 Å². The van der Waals surface area contributed by atoms with E-state index < -0.39 is 0 Å². The number of carbonyl (C=O) groups is 1. The number of hydrogen-bond acceptors (Lipinski definition) is 4. The quantitative estimate of drug-likeness (QED) is 0.891. The van der Waals surface area contributed by atoms with Gasteiger partial charge in [-0.2, -0.15) is 0 Å². The predicted molar refractivity (Wildman–Crippen MR) is 71.1 cm³/mol. The number of ether oxygens (including phenoxy) is 1. The Morgan fingerprint density at radius 3 is 2.89 bits per heavy atom. The molecule has 1 aromatic heterocycles. The van der Waals surface area contributed by atoms with Crippen molar-refractivity contribution in [2.24, 2.45) is 5.92 Å². The van der Waals surface area contributed by atoms with E-state index in [1.807, 2.05) is 11.8 Å². The summed E-state index contributed by atoms with van der Waals surface area (Å²) in [4.78, 5) is 18.4. The first-order valence-corrected chi connectivity index (χ1v) is 6.74. The molecule has 5 nitrogen and oxygen atoms in total. The molecule has 2 heterocycles. The first-order valence-electron chi connectivity index (χ1n) is 6.74. The van der Waals surface area contributed by atoms with Crippen molar-refractivity contribution in [3.8, 4) is 5.88 Å². The van der Waals surface area contributed by atoms with Crippen molar-refractivity contribution >= 4 is 5.91 Å². The fourth-order valence-electron chi connectivity index (χ4n) is 2.29. The Morgan fingerprint density at radius 1 is 1.53 bits per heavy atom. The number of rotatable bonds is 4. The summed E-state index contributed by atoms with van der Waals surface area (Å²) < 4.78 is 5.39. The van der Waals surface area contributed by atoms with E-state index in [4.69, 9.17) is 9.84 Å². The Kier molecular flexibility index (Phi) is 4.74. The fraction of sp³-hybridized carbons (Fsp3) is 0.571. The Labute approximate surface area is 113 Å². The van der Waals surface area contributed by atoms with Gasteiger partial charge in [-0.1, -0.05) is 0 Å². The van der Waals surface area contributed by atoms with Crippen molar-refractivity contribution in [2.45, 2.75) is 19.8 Å². The zero-order chi connectivity index (χ0) is 13.7. The van der Waals surface area contributed by atoms with Gasteiger partial charge in [0.05, 0.1) is 6.61 Å². The first kappa shape index (κ1) is 13.8. The Balaban J connectivity index is 2.07. The number of pyridine rings is 1. The lowest BCUT2D eigenvalue weighted by Gasteiger charge is -2.31. The molecule has 0 aromatic carbocycles. The number of amides is 1. The van der Waals surface area contributed by atoms with Crippen LogP contribution >= 0.6 is 0 Å². The van der Waals surface area contributed by atoms with Gasteiger partial charge in [-0.3, -0.25) is 4.79 Å². The summed E-state index contributed by atoms with van der Waals surface area (Å²) >= 11 is 0. The van der Waals surface area contributed by atoms with Crippen molar-refractivity contribution in [3.05, 3.63) is 23.9 Å². The van der Waals surface area contributed by atoms with Crippen LogP contribution in [0.4, 0.5) is 0 Å². The molecule has 0 bridgehead atoms. The number of aliphatic hydroxyl groups excluding tert-OH is 1. The van der Waals surface area contributed by atoms with Gasteiger partial charge in [-0.15, -0.1) is 0 Å². The highest BCUT2D eigenvalue weighted by Crippen LogP contribution is 2.21. The second-order valence-corrected chi connectivity index (χ2v) is 4.71. The molecule has 1 aliphatic rings. The molecule has 1 amide bonds. The lowest BCUT2D eigenvalue weighted by atomic mass is 9.97. The average Bonchev–Trinajstić information content (AvgIpc) is 2.47. The first-order chi connectivity index (χ1) is 9.26. The summed E-state index contributed by atoms with van der Waals surface area (Å²) in [5.41, 5.74) is 0.520. The third-order valence-electron chi connectivity index (χ3n) is 3.44. The van der Waals surface area contributed by atoms with E-state index >= 15 is 0 Å². The summed E-state index contributed by atoms with van der Waals surface area (Å²) in [6.45, 7) is 3.94. The predicted octanol–water partition coefficient (Wildman–Crippen LogP) is 1.32. The van der Waals surface area contributed by atoms with E-state index in [-0.39, 0.29) is 12.5 Å². The number of aliphatic hydroxyl groups is 1. The molecule has 0 aliphatic carbocycles. The van der Waals surface area contributed by atoms with Crippen LogP contribution in [0.5, 0.6) is 5.88 Å². The highest BCUT2D eigenvalue weighted by Gasteiger charge is 2.25. The smallest absolute Gasteiger partial charge is 0.259 e. The maximum Gasteiger partial charge on any atom is 0.259 e. The SMILES string of the molecule is CCOc1ncccc1C(=O)N1CCC(CO)CC1. The third kappa shape index (κ3) is 3.23. The molecule has 0 unspecified atom stereocenters. The number of nitrogens with zero attached hydrogens (tertiary/aromatic N) is 2. The molecule has 0 spiro atoms. The van der Waals surface area contributed by atoms with Gasteiger partial charge in [-0.05, 0) is 37.8 Å². The van der Waals surface area contributed by atoms with Crippen LogP contribution in [0.1, 0.15) is 30.1 Å². The zero-order valence-electron chi connectivity index (χ0n) is 11.2. The number of piperidine rings is 1. The third-order valence-corrected chi connectivity index (χ3v) is 3.44. The van der Waals surface area contributed by atoms with E-state index in [0.29, 0.717) is 37.1 Å². The second kappa shape index (κ2) is 6.52. The van der Waals surface area contributed by atoms with E-state index in [1.54, 1.807) is 18.3 Å². The second-order valence-electron chi connectivity index (χ2n) is 4.71. The molecule has 1 fully saturated rings. The Hall–Kier alpha value is -1.62. The van der Waals surface area contributed by atoms with Gasteiger partial charge in [0, 0.05) is 25.9 Å². The van der Waals surface area contributed by atoms with E-state index in [2.05, 4.69) is 4.98 Å². The summed E-state index contributed by atoms with van der Waals surface area (Å²) in [6, 6.07) is 3.49. The molecular formula is C14H20N2O3. The van der Waals surface area contributed by atoms with Gasteiger partial charge < -0.3 is 14.7 Å². The molecule has 5 heteroatoms. The van der Waals surface area contributed by atoms with Crippen molar-refractivity contribution in [1.29, 1.82) is 0 Å². The Morgan fingerprint density at radius 2 is 2.26 bits per heavy atom. The number of aromatic nitrogens is 1. The molecule has 0 atom stereocenters. The largest absolute Gasteiger partial charge is 0.477 e.